The molecule has 0 atom stereocenters. The molecule has 0 saturated heterocycles. The molecule has 0 saturated carbocycles. The van der Waals surface area contributed by atoms with Gasteiger partial charge in [0, 0.05) is 0 Å². The summed E-state index contributed by atoms with van der Waals surface area (Å²) >= 11 is 0. The Kier molecular flexibility index (Phi) is 4.06. The van der Waals surface area contributed by atoms with Crippen molar-refractivity contribution in [1.29, 1.82) is 5.26 Å². The van der Waals surface area contributed by atoms with E-state index in [1.165, 1.54) is 13.3 Å². The molecule has 0 spiro atoms. The van der Waals surface area contributed by atoms with Crippen LogP contribution >= 0.6 is 0 Å². The van der Waals surface area contributed by atoms with Crippen molar-refractivity contribution in [2.45, 2.75) is 6.42 Å². The largest absolute Gasteiger partial charge is 0.469 e. The number of anilines is 1. The number of nitrogens with one attached hydrogen (secondary N) is 2. The van der Waals surface area contributed by atoms with Crippen LogP contribution in [0.4, 0.5) is 5.82 Å². The number of carbonyl (C=O) groups excluding carboxylic acids is 1. The molecule has 0 amide bonds. The lowest BCUT2D eigenvalue weighted by molar-refractivity contribution is -0.140. The molecule has 92 valence electrons. The molecule has 8 nitrogen and oxygen atoms in total. The van der Waals surface area contributed by atoms with Crippen molar-refractivity contribution in [3.8, 4) is 6.07 Å². The summed E-state index contributed by atoms with van der Waals surface area (Å²) in [5.41, 5.74) is 0.0756. The zero-order valence-corrected chi connectivity index (χ0v) is 9.74. The number of H-pyrrole nitrogens is 1. The van der Waals surface area contributed by atoms with Crippen molar-refractivity contribution in [3.05, 3.63) is 11.8 Å². The zero-order chi connectivity index (χ0) is 12.9. The Bertz CT molecular complexity index is 542. The van der Waals surface area contributed by atoms with Gasteiger partial charge in [0.1, 0.15) is 11.6 Å². The monoisotopic (exact) mass is 258 g/mol. The van der Waals surface area contributed by atoms with Crippen molar-refractivity contribution in [3.63, 3.8) is 0 Å². The fourth-order valence-corrected chi connectivity index (χ4v) is 1.98. The summed E-state index contributed by atoms with van der Waals surface area (Å²) in [7, 11) is -2.54. The van der Waals surface area contributed by atoms with Crippen LogP contribution in [0.3, 0.4) is 0 Å². The number of carbonyl (C=O) groups is 1. The number of nitriles is 1. The molecule has 0 aliphatic carbocycles. The molecule has 0 fully saturated rings. The molecule has 2 N–H and O–H groups in total. The summed E-state index contributed by atoms with van der Waals surface area (Å²) in [4.78, 5) is 10.8. The number of sulfonamides is 1. The molecule has 1 rings (SSSR count). The minimum atomic E-state index is -3.72. The van der Waals surface area contributed by atoms with E-state index in [9.17, 15) is 13.2 Å². The lowest BCUT2D eigenvalue weighted by Crippen LogP contribution is -2.20. The second kappa shape index (κ2) is 5.31. The second-order valence-electron chi connectivity index (χ2n) is 3.02. The zero-order valence-electron chi connectivity index (χ0n) is 8.93. The number of aromatic nitrogens is 2. The molecular weight excluding hydrogens is 248 g/mol. The van der Waals surface area contributed by atoms with Crippen LogP contribution in [0.25, 0.3) is 0 Å². The highest BCUT2D eigenvalue weighted by Gasteiger charge is 2.16. The summed E-state index contributed by atoms with van der Waals surface area (Å²) in [5, 5.41) is 14.5. The maximum absolute atomic E-state index is 11.5. The molecule has 0 radical (unpaired) electrons. The lowest BCUT2D eigenvalue weighted by Gasteiger charge is -2.05. The average Bonchev–Trinajstić information content (AvgIpc) is 2.72. The molecule has 1 aromatic heterocycles. The number of hydrogen-bond donors (Lipinski definition) is 2. The third kappa shape index (κ3) is 3.76. The normalized spacial score (nSPS) is 10.6. The van der Waals surface area contributed by atoms with Gasteiger partial charge in [-0.3, -0.25) is 14.6 Å². The van der Waals surface area contributed by atoms with Crippen LogP contribution in [0.1, 0.15) is 12.0 Å². The first-order valence-corrected chi connectivity index (χ1v) is 6.14. The summed E-state index contributed by atoms with van der Waals surface area (Å²) in [6.45, 7) is 0. The number of aromatic amines is 1. The fourth-order valence-electron chi connectivity index (χ4n) is 0.975. The molecule has 0 aromatic carbocycles. The Hall–Kier alpha value is -2.08. The first-order chi connectivity index (χ1) is 7.98. The quantitative estimate of drug-likeness (QED) is 0.691. The smallest absolute Gasteiger partial charge is 0.306 e. The van der Waals surface area contributed by atoms with E-state index in [4.69, 9.17) is 5.26 Å². The van der Waals surface area contributed by atoms with Gasteiger partial charge in [0.15, 0.2) is 5.82 Å². The number of methoxy groups -OCH3 is 1. The molecule has 1 aromatic rings. The maximum atomic E-state index is 11.5. The van der Waals surface area contributed by atoms with E-state index < -0.39 is 21.7 Å². The van der Waals surface area contributed by atoms with Crippen LogP contribution in [0.2, 0.25) is 0 Å². The molecular formula is C8H10N4O4S. The van der Waals surface area contributed by atoms with Crippen LogP contribution in [0, 0.1) is 11.3 Å². The van der Waals surface area contributed by atoms with Gasteiger partial charge in [-0.15, -0.1) is 0 Å². The van der Waals surface area contributed by atoms with E-state index >= 15 is 0 Å². The number of esters is 1. The van der Waals surface area contributed by atoms with Gasteiger partial charge in [0.05, 0.1) is 25.5 Å². The number of ether oxygens (including phenoxy) is 1. The highest BCUT2D eigenvalue weighted by molar-refractivity contribution is 7.92. The standard InChI is InChI=1S/C8H10N4O4S/c1-16-7(13)2-3-17(14,15)12-8-6(4-9)5-10-11-8/h5H,2-3H2,1H3,(H2,10,11,12). The van der Waals surface area contributed by atoms with Gasteiger partial charge >= 0.3 is 5.97 Å². The predicted molar refractivity (Wildman–Crippen MR) is 57.3 cm³/mol. The number of nitrogens with zero attached hydrogens (tertiary/aromatic N) is 2. The highest BCUT2D eigenvalue weighted by Crippen LogP contribution is 2.11. The van der Waals surface area contributed by atoms with Crippen molar-refractivity contribution in [2.24, 2.45) is 0 Å². The SMILES string of the molecule is COC(=O)CCS(=O)(=O)Nc1[nH]ncc1C#N. The third-order valence-corrected chi connectivity index (χ3v) is 3.08. The maximum Gasteiger partial charge on any atom is 0.306 e. The summed E-state index contributed by atoms with van der Waals surface area (Å²) in [6, 6.07) is 1.76. The Morgan fingerprint density at radius 2 is 2.41 bits per heavy atom. The molecule has 0 aliphatic rings. The van der Waals surface area contributed by atoms with Crippen LogP contribution in [-0.2, 0) is 19.6 Å². The third-order valence-electron chi connectivity index (χ3n) is 1.82. The average molecular weight is 258 g/mol. The van der Waals surface area contributed by atoms with Crippen LogP contribution in [0.15, 0.2) is 6.20 Å². The molecule has 0 unspecified atom stereocenters. The topological polar surface area (TPSA) is 125 Å². The van der Waals surface area contributed by atoms with Crippen LogP contribution < -0.4 is 4.72 Å². The Morgan fingerprint density at radius 1 is 1.71 bits per heavy atom. The minimum Gasteiger partial charge on any atom is -0.469 e. The van der Waals surface area contributed by atoms with Gasteiger partial charge in [-0.1, -0.05) is 0 Å². The van der Waals surface area contributed by atoms with Crippen molar-refractivity contribution >= 4 is 21.8 Å². The second-order valence-corrected chi connectivity index (χ2v) is 4.86. The van der Waals surface area contributed by atoms with Crippen LogP contribution in [0.5, 0.6) is 0 Å². The molecule has 0 aliphatic heterocycles. The van der Waals surface area contributed by atoms with Gasteiger partial charge in [-0.05, 0) is 0 Å². The molecule has 1 heterocycles. The van der Waals surface area contributed by atoms with E-state index in [2.05, 4.69) is 19.7 Å². The van der Waals surface area contributed by atoms with Gasteiger partial charge in [0.2, 0.25) is 10.0 Å². The van der Waals surface area contributed by atoms with Gasteiger partial charge in [-0.25, -0.2) is 8.42 Å². The van der Waals surface area contributed by atoms with E-state index in [1.54, 1.807) is 6.07 Å². The first kappa shape index (κ1) is 13.0. The predicted octanol–water partition coefficient (Wildman–Crippen LogP) is -0.414. The molecule has 0 bridgehead atoms. The number of hydrogen-bond acceptors (Lipinski definition) is 6. The fraction of sp³-hybridized carbons (Fsp3) is 0.375. The summed E-state index contributed by atoms with van der Waals surface area (Å²) in [6.07, 6.45) is 0.931. The van der Waals surface area contributed by atoms with E-state index in [-0.39, 0.29) is 17.8 Å². The van der Waals surface area contributed by atoms with E-state index in [0.717, 1.165) is 0 Å². The van der Waals surface area contributed by atoms with Gasteiger partial charge in [-0.2, -0.15) is 10.4 Å². The number of rotatable bonds is 5. The van der Waals surface area contributed by atoms with Crippen molar-refractivity contribution in [2.75, 3.05) is 17.6 Å². The molecule has 17 heavy (non-hydrogen) atoms. The Labute approximate surface area is 97.6 Å². The van der Waals surface area contributed by atoms with E-state index in [0.29, 0.717) is 0 Å². The van der Waals surface area contributed by atoms with Crippen LogP contribution in [-0.4, -0.2) is 37.4 Å². The van der Waals surface area contributed by atoms with Crippen molar-refractivity contribution < 1.29 is 17.9 Å². The van der Waals surface area contributed by atoms with Gasteiger partial charge in [0.25, 0.3) is 0 Å². The van der Waals surface area contributed by atoms with Crippen molar-refractivity contribution in [1.82, 2.24) is 10.2 Å². The summed E-state index contributed by atoms with van der Waals surface area (Å²) < 4.78 is 29.5. The summed E-state index contributed by atoms with van der Waals surface area (Å²) in [5.74, 6) is -1.07. The first-order valence-electron chi connectivity index (χ1n) is 4.49. The lowest BCUT2D eigenvalue weighted by atomic mass is 10.4. The highest BCUT2D eigenvalue weighted by atomic mass is 32.2. The molecule has 9 heteroatoms. The van der Waals surface area contributed by atoms with E-state index in [1.807, 2.05) is 0 Å². The Balaban J connectivity index is 2.68. The minimum absolute atomic E-state index is 0.0163. The Morgan fingerprint density at radius 3 is 3.00 bits per heavy atom. The van der Waals surface area contributed by atoms with Gasteiger partial charge < -0.3 is 4.74 Å².